The molecule has 3 fully saturated rings. The van der Waals surface area contributed by atoms with E-state index in [1.165, 1.54) is 4.90 Å². The Bertz CT molecular complexity index is 1250. The average Bonchev–Trinajstić information content (AvgIpc) is 3.62. The van der Waals surface area contributed by atoms with E-state index in [9.17, 15) is 24.3 Å². The van der Waals surface area contributed by atoms with Gasteiger partial charge in [0, 0.05) is 37.0 Å². The number of nitrogens with one attached hydrogen (secondary N) is 1. The number of ether oxygens (including phenoxy) is 2. The van der Waals surface area contributed by atoms with Crippen molar-refractivity contribution in [1.29, 1.82) is 0 Å². The zero-order valence-electron chi connectivity index (χ0n) is 26.2. The number of aliphatic hydroxyl groups excluding tert-OH is 1. The van der Waals surface area contributed by atoms with Gasteiger partial charge in [-0.05, 0) is 38.2 Å². The Morgan fingerprint density at radius 3 is 2.64 bits per heavy atom. The first-order valence-electron chi connectivity index (χ1n) is 15.9. The number of aliphatic hydroxyl groups is 1. The van der Waals surface area contributed by atoms with E-state index in [0.29, 0.717) is 24.9 Å². The molecule has 0 saturated carbocycles. The molecule has 0 radical (unpaired) electrons. The fourth-order valence-corrected chi connectivity index (χ4v) is 8.10. The average molecular weight is 689 g/mol. The monoisotopic (exact) mass is 687 g/mol. The van der Waals surface area contributed by atoms with Crippen molar-refractivity contribution in [2.45, 2.75) is 87.1 Å². The van der Waals surface area contributed by atoms with Crippen molar-refractivity contribution >= 4 is 39.6 Å². The first-order valence-corrected chi connectivity index (χ1v) is 16.8. The zero-order chi connectivity index (χ0) is 32.7. The Morgan fingerprint density at radius 2 is 2.00 bits per heavy atom. The van der Waals surface area contributed by atoms with Gasteiger partial charge in [-0.1, -0.05) is 71.8 Å². The number of fused-ring (bicyclic) bond motifs is 1. The van der Waals surface area contributed by atoms with Gasteiger partial charge < -0.3 is 29.7 Å². The summed E-state index contributed by atoms with van der Waals surface area (Å²) in [7, 11) is 0. The molecule has 2 N–H and O–H groups in total. The van der Waals surface area contributed by atoms with Crippen LogP contribution in [0.4, 0.5) is 0 Å². The third-order valence-electron chi connectivity index (χ3n) is 9.19. The Kier molecular flexibility index (Phi) is 12.0. The smallest absolute Gasteiger partial charge is 0.313 e. The Labute approximate surface area is 274 Å². The number of alkyl halides is 1. The normalized spacial score (nSPS) is 27.9. The number of allylic oxidation sites excluding steroid dienone is 1. The van der Waals surface area contributed by atoms with Crippen molar-refractivity contribution in [3.63, 3.8) is 0 Å². The van der Waals surface area contributed by atoms with E-state index in [4.69, 9.17) is 9.47 Å². The lowest BCUT2D eigenvalue weighted by Crippen LogP contribution is -2.58. The number of carbonyl (C=O) groups excluding carboxylic acids is 4. The first kappa shape index (κ1) is 34.8. The summed E-state index contributed by atoms with van der Waals surface area (Å²) in [5.74, 6) is -3.29. The van der Waals surface area contributed by atoms with Crippen LogP contribution in [0.1, 0.15) is 64.0 Å². The predicted octanol–water partition coefficient (Wildman–Crippen LogP) is 3.69. The Morgan fingerprint density at radius 1 is 1.27 bits per heavy atom. The van der Waals surface area contributed by atoms with Crippen molar-refractivity contribution in [1.82, 2.24) is 15.1 Å². The number of esters is 1. The van der Waals surface area contributed by atoms with E-state index >= 15 is 0 Å². The molecule has 2 bridgehead atoms. The largest absolute Gasteiger partial charge is 0.455 e. The second-order valence-electron chi connectivity index (χ2n) is 12.2. The molecule has 3 aliphatic rings. The predicted molar refractivity (Wildman–Crippen MR) is 173 cm³/mol. The molecule has 11 heteroatoms. The number of likely N-dealkylation sites (tertiary alicyclic amines) is 1. The standard InChI is InChI=1S/C34H46BrN3O7/c1-5-8-16-26(40)36-21-25(23-14-10-9-11-15-23)44-33(43)27-28-31(41)38(18-12-19-39)30(34(28)20-24(35)29(27)45-34)32(42)37(17-7-3)22(4)13-6-2/h5,7,9-11,14-15,22,24-25,27-30,39H,1,3,6,8,12-13,16-21H2,2,4H3,(H,36,40)/t22?,24?,25-,27-,28+,29-,30-,34+/m1/s1. The van der Waals surface area contributed by atoms with Crippen LogP contribution in [-0.2, 0) is 28.7 Å². The van der Waals surface area contributed by atoms with Crippen LogP contribution < -0.4 is 5.32 Å². The molecule has 3 saturated heterocycles. The van der Waals surface area contributed by atoms with Crippen LogP contribution in [0.3, 0.4) is 0 Å². The van der Waals surface area contributed by atoms with Crippen LogP contribution in [0.5, 0.6) is 0 Å². The second-order valence-corrected chi connectivity index (χ2v) is 13.3. The number of rotatable bonds is 17. The van der Waals surface area contributed by atoms with Gasteiger partial charge >= 0.3 is 5.97 Å². The van der Waals surface area contributed by atoms with Crippen molar-refractivity contribution < 1.29 is 33.8 Å². The van der Waals surface area contributed by atoms with Gasteiger partial charge in [0.2, 0.25) is 17.7 Å². The highest BCUT2D eigenvalue weighted by Gasteiger charge is 2.77. The van der Waals surface area contributed by atoms with Crippen LogP contribution in [0.2, 0.25) is 0 Å². The number of hydrogen-bond donors (Lipinski definition) is 2. The van der Waals surface area contributed by atoms with Gasteiger partial charge in [0.1, 0.15) is 17.7 Å². The molecule has 8 atom stereocenters. The lowest BCUT2D eigenvalue weighted by atomic mass is 9.70. The number of amides is 3. The molecule has 0 aliphatic carbocycles. The molecule has 1 aromatic rings. The Hall–Kier alpha value is -3.02. The van der Waals surface area contributed by atoms with Gasteiger partial charge in [-0.2, -0.15) is 0 Å². The maximum Gasteiger partial charge on any atom is 0.313 e. The highest BCUT2D eigenvalue weighted by atomic mass is 79.9. The summed E-state index contributed by atoms with van der Waals surface area (Å²) in [6, 6.07) is 8.07. The molecule has 45 heavy (non-hydrogen) atoms. The van der Waals surface area contributed by atoms with E-state index in [1.54, 1.807) is 17.1 Å². The highest BCUT2D eigenvalue weighted by molar-refractivity contribution is 9.09. The molecule has 10 nitrogen and oxygen atoms in total. The van der Waals surface area contributed by atoms with E-state index in [1.807, 2.05) is 37.3 Å². The van der Waals surface area contributed by atoms with E-state index < -0.39 is 41.7 Å². The summed E-state index contributed by atoms with van der Waals surface area (Å²) < 4.78 is 12.7. The molecule has 3 amide bonds. The summed E-state index contributed by atoms with van der Waals surface area (Å²) in [6.07, 6.45) is 4.95. The van der Waals surface area contributed by atoms with Gasteiger partial charge in [-0.15, -0.1) is 13.2 Å². The fraction of sp³-hybridized carbons (Fsp3) is 0.588. The number of nitrogens with zero attached hydrogens (tertiary/aromatic N) is 2. The van der Waals surface area contributed by atoms with Crippen molar-refractivity contribution in [2.75, 3.05) is 26.2 Å². The lowest BCUT2D eigenvalue weighted by Gasteiger charge is -2.39. The molecule has 1 aromatic carbocycles. The van der Waals surface area contributed by atoms with Gasteiger partial charge in [0.15, 0.2) is 0 Å². The topological polar surface area (TPSA) is 125 Å². The number of carbonyl (C=O) groups is 4. The van der Waals surface area contributed by atoms with Crippen molar-refractivity contribution in [3.05, 3.63) is 61.2 Å². The van der Waals surface area contributed by atoms with Gasteiger partial charge in [0.05, 0.1) is 24.5 Å². The molecule has 1 spiro atoms. The minimum atomic E-state index is -1.24. The first-order chi connectivity index (χ1) is 21.6. The van der Waals surface area contributed by atoms with Crippen LogP contribution in [0.25, 0.3) is 0 Å². The van der Waals surface area contributed by atoms with Crippen LogP contribution in [0, 0.1) is 11.8 Å². The van der Waals surface area contributed by atoms with Crippen molar-refractivity contribution in [3.8, 4) is 0 Å². The van der Waals surface area contributed by atoms with Crippen LogP contribution >= 0.6 is 15.9 Å². The number of hydrogen-bond acceptors (Lipinski definition) is 7. The second kappa shape index (κ2) is 15.5. The van der Waals surface area contributed by atoms with Crippen LogP contribution in [0.15, 0.2) is 55.6 Å². The molecule has 2 unspecified atom stereocenters. The van der Waals surface area contributed by atoms with E-state index in [0.717, 1.165) is 12.8 Å². The fourth-order valence-electron chi connectivity index (χ4n) is 7.16. The maximum absolute atomic E-state index is 14.4. The summed E-state index contributed by atoms with van der Waals surface area (Å²) in [6.45, 7) is 11.9. The molecule has 4 rings (SSSR count). The SMILES string of the molecule is C=CCCC(=O)NC[C@@H](OC(=O)[C@H]1[C@@H]2O[C@@]3(CC2Br)[C@@H]1C(=O)N(CCCO)[C@@H]3C(=O)N(CC=C)C(C)CCC)c1ccccc1. The zero-order valence-corrected chi connectivity index (χ0v) is 27.8. The van der Waals surface area contributed by atoms with Gasteiger partial charge in [0.25, 0.3) is 0 Å². The molecule has 3 heterocycles. The lowest BCUT2D eigenvalue weighted by molar-refractivity contribution is -0.160. The minimum absolute atomic E-state index is 0.0566. The van der Waals surface area contributed by atoms with Crippen molar-refractivity contribution in [2.24, 2.45) is 11.8 Å². The molecule has 246 valence electrons. The molecular formula is C34H46BrN3O7. The maximum atomic E-state index is 14.4. The third kappa shape index (κ3) is 7.05. The summed E-state index contributed by atoms with van der Waals surface area (Å²) in [4.78, 5) is 58.2. The molecule has 3 aliphatic heterocycles. The quantitative estimate of drug-likeness (QED) is 0.145. The van der Waals surface area contributed by atoms with E-state index in [-0.39, 0.29) is 61.1 Å². The molecule has 0 aromatic heterocycles. The number of halogens is 1. The van der Waals surface area contributed by atoms with E-state index in [2.05, 4.69) is 41.3 Å². The Balaban J connectivity index is 1.66. The summed E-state index contributed by atoms with van der Waals surface area (Å²) in [5, 5.41) is 12.5. The van der Waals surface area contributed by atoms with Gasteiger partial charge in [-0.3, -0.25) is 19.2 Å². The molecular weight excluding hydrogens is 642 g/mol. The third-order valence-corrected chi connectivity index (χ3v) is 10.0. The minimum Gasteiger partial charge on any atom is -0.455 e. The summed E-state index contributed by atoms with van der Waals surface area (Å²) in [5.41, 5.74) is -0.539. The summed E-state index contributed by atoms with van der Waals surface area (Å²) >= 11 is 3.70. The van der Waals surface area contributed by atoms with Gasteiger partial charge in [-0.25, -0.2) is 0 Å². The van der Waals surface area contributed by atoms with Crippen LogP contribution in [-0.4, -0.2) is 93.5 Å². The number of benzene rings is 1. The highest BCUT2D eigenvalue weighted by Crippen LogP contribution is 2.60.